The summed E-state index contributed by atoms with van der Waals surface area (Å²) in [6.07, 6.45) is 18.8. The van der Waals surface area contributed by atoms with E-state index in [0.29, 0.717) is 5.57 Å². The van der Waals surface area contributed by atoms with E-state index in [1.807, 2.05) is 0 Å². The fourth-order valence-corrected chi connectivity index (χ4v) is 5.10. The van der Waals surface area contributed by atoms with Crippen LogP contribution in [0.3, 0.4) is 0 Å². The van der Waals surface area contributed by atoms with Crippen molar-refractivity contribution in [2.45, 2.75) is 96.8 Å². The molecule has 0 aromatic heterocycles. The summed E-state index contributed by atoms with van der Waals surface area (Å²) in [5.74, 6) is 2.20. The zero-order valence-corrected chi connectivity index (χ0v) is 15.8. The van der Waals surface area contributed by atoms with E-state index in [2.05, 4.69) is 13.5 Å². The van der Waals surface area contributed by atoms with Gasteiger partial charge in [-0.15, -0.1) is 0 Å². The molecule has 0 saturated heterocycles. The number of hydrogen-bond donors (Lipinski definition) is 1. The number of carboxylic acids is 1. The maximum Gasteiger partial charge on any atom is 0.331 e. The molecule has 2 fully saturated rings. The number of aliphatic carboxylic acids is 1. The zero-order chi connectivity index (χ0) is 17.4. The van der Waals surface area contributed by atoms with Crippen molar-refractivity contribution in [3.8, 4) is 0 Å². The zero-order valence-electron chi connectivity index (χ0n) is 15.8. The van der Waals surface area contributed by atoms with Crippen LogP contribution in [0.5, 0.6) is 0 Å². The lowest BCUT2D eigenvalue weighted by Gasteiger charge is -2.38. The molecule has 24 heavy (non-hydrogen) atoms. The Kier molecular flexibility index (Phi) is 8.35. The van der Waals surface area contributed by atoms with E-state index in [1.165, 1.54) is 77.0 Å². The lowest BCUT2D eigenvalue weighted by Crippen LogP contribution is -2.27. The average Bonchev–Trinajstić information content (AvgIpc) is 2.61. The Morgan fingerprint density at radius 2 is 1.42 bits per heavy atom. The first-order chi connectivity index (χ1) is 11.6. The molecule has 0 aromatic carbocycles. The first-order valence-electron chi connectivity index (χ1n) is 10.5. The quantitative estimate of drug-likeness (QED) is 0.381. The van der Waals surface area contributed by atoms with Crippen LogP contribution in [-0.4, -0.2) is 11.1 Å². The summed E-state index contributed by atoms with van der Waals surface area (Å²) < 4.78 is 0. The van der Waals surface area contributed by atoms with E-state index in [9.17, 15) is 4.79 Å². The van der Waals surface area contributed by atoms with Gasteiger partial charge in [-0.05, 0) is 62.2 Å². The largest absolute Gasteiger partial charge is 0.478 e. The van der Waals surface area contributed by atoms with Crippen LogP contribution in [0, 0.1) is 23.7 Å². The molecule has 0 aliphatic heterocycles. The van der Waals surface area contributed by atoms with E-state index in [1.54, 1.807) is 0 Å². The fourth-order valence-electron chi connectivity index (χ4n) is 5.10. The number of carbonyl (C=O) groups is 1. The molecule has 0 radical (unpaired) electrons. The molecular weight excluding hydrogens is 296 g/mol. The molecule has 0 amide bonds. The average molecular weight is 335 g/mol. The summed E-state index contributed by atoms with van der Waals surface area (Å²) >= 11 is 0. The van der Waals surface area contributed by atoms with Crippen LogP contribution in [0.4, 0.5) is 0 Å². The minimum Gasteiger partial charge on any atom is -0.478 e. The van der Waals surface area contributed by atoms with Crippen LogP contribution < -0.4 is 0 Å². The van der Waals surface area contributed by atoms with Gasteiger partial charge in [0.1, 0.15) is 0 Å². The maximum absolute atomic E-state index is 11.1. The Morgan fingerprint density at radius 1 is 0.875 bits per heavy atom. The third-order valence-corrected chi connectivity index (χ3v) is 6.81. The molecule has 0 bridgehead atoms. The SMILES string of the molecule is C=C(C(=O)O)C1CCC(C2CCC(CCCCCCC)CC2)CC1. The van der Waals surface area contributed by atoms with Crippen molar-refractivity contribution in [3.63, 3.8) is 0 Å². The highest BCUT2D eigenvalue weighted by molar-refractivity contribution is 5.86. The highest BCUT2D eigenvalue weighted by Gasteiger charge is 2.32. The molecule has 2 aliphatic rings. The van der Waals surface area contributed by atoms with Gasteiger partial charge in [0.25, 0.3) is 0 Å². The van der Waals surface area contributed by atoms with Crippen molar-refractivity contribution in [3.05, 3.63) is 12.2 Å². The van der Waals surface area contributed by atoms with Gasteiger partial charge in [0.05, 0.1) is 0 Å². The molecule has 0 heterocycles. The van der Waals surface area contributed by atoms with Crippen LogP contribution in [0.1, 0.15) is 96.8 Å². The first kappa shape index (κ1) is 19.5. The van der Waals surface area contributed by atoms with Crippen molar-refractivity contribution in [2.75, 3.05) is 0 Å². The minimum atomic E-state index is -0.794. The summed E-state index contributed by atoms with van der Waals surface area (Å²) in [7, 11) is 0. The molecule has 2 rings (SSSR count). The van der Waals surface area contributed by atoms with Crippen molar-refractivity contribution in [1.82, 2.24) is 0 Å². The third kappa shape index (κ3) is 5.93. The fraction of sp³-hybridized carbons (Fsp3) is 0.864. The standard InChI is InChI=1S/C22H38O2/c1-3-4-5-6-7-8-18-9-11-20(12-10-18)21-15-13-19(14-16-21)17(2)22(23)24/h18-21H,2-16H2,1H3,(H,23,24). The van der Waals surface area contributed by atoms with E-state index in [0.717, 1.165) is 30.6 Å². The molecular formula is C22H38O2. The van der Waals surface area contributed by atoms with Gasteiger partial charge in [-0.1, -0.05) is 64.9 Å². The van der Waals surface area contributed by atoms with Gasteiger partial charge in [0, 0.05) is 5.57 Å². The Hall–Kier alpha value is -0.790. The number of carboxylic acid groups (broad SMARTS) is 1. The summed E-state index contributed by atoms with van der Waals surface area (Å²) in [6.45, 7) is 6.06. The molecule has 138 valence electrons. The molecule has 2 nitrogen and oxygen atoms in total. The molecule has 2 aliphatic carbocycles. The van der Waals surface area contributed by atoms with Crippen LogP contribution in [-0.2, 0) is 4.79 Å². The van der Waals surface area contributed by atoms with Crippen molar-refractivity contribution >= 4 is 5.97 Å². The van der Waals surface area contributed by atoms with Gasteiger partial charge < -0.3 is 5.11 Å². The second-order valence-electron chi connectivity index (χ2n) is 8.43. The summed E-state index contributed by atoms with van der Waals surface area (Å²) in [5.41, 5.74) is 0.445. The van der Waals surface area contributed by atoms with Crippen LogP contribution >= 0.6 is 0 Å². The highest BCUT2D eigenvalue weighted by atomic mass is 16.4. The molecule has 0 aromatic rings. The van der Waals surface area contributed by atoms with Crippen LogP contribution in [0.2, 0.25) is 0 Å². The van der Waals surface area contributed by atoms with E-state index >= 15 is 0 Å². The predicted octanol–water partition coefficient (Wildman–Crippen LogP) is 6.60. The molecule has 1 N–H and O–H groups in total. The predicted molar refractivity (Wildman–Crippen MR) is 101 cm³/mol. The van der Waals surface area contributed by atoms with Crippen LogP contribution in [0.15, 0.2) is 12.2 Å². The van der Waals surface area contributed by atoms with Gasteiger partial charge in [-0.2, -0.15) is 0 Å². The van der Waals surface area contributed by atoms with Crippen molar-refractivity contribution < 1.29 is 9.90 Å². The second kappa shape index (κ2) is 10.3. The Morgan fingerprint density at radius 3 is 1.96 bits per heavy atom. The van der Waals surface area contributed by atoms with Gasteiger partial charge in [0.15, 0.2) is 0 Å². The molecule has 0 unspecified atom stereocenters. The van der Waals surface area contributed by atoms with Gasteiger partial charge in [-0.3, -0.25) is 0 Å². The lowest BCUT2D eigenvalue weighted by atomic mass is 9.68. The number of hydrogen-bond acceptors (Lipinski definition) is 1. The molecule has 0 atom stereocenters. The van der Waals surface area contributed by atoms with E-state index in [-0.39, 0.29) is 5.92 Å². The normalized spacial score (nSPS) is 30.9. The van der Waals surface area contributed by atoms with Gasteiger partial charge in [-0.25, -0.2) is 4.79 Å². The maximum atomic E-state index is 11.1. The molecule has 0 spiro atoms. The number of rotatable bonds is 9. The van der Waals surface area contributed by atoms with E-state index < -0.39 is 5.97 Å². The second-order valence-corrected chi connectivity index (χ2v) is 8.43. The third-order valence-electron chi connectivity index (χ3n) is 6.81. The molecule has 2 heteroatoms. The monoisotopic (exact) mass is 334 g/mol. The van der Waals surface area contributed by atoms with Crippen molar-refractivity contribution in [1.29, 1.82) is 0 Å². The minimum absolute atomic E-state index is 0.234. The Balaban J connectivity index is 1.61. The van der Waals surface area contributed by atoms with Crippen molar-refractivity contribution in [2.24, 2.45) is 23.7 Å². The smallest absolute Gasteiger partial charge is 0.331 e. The summed E-state index contributed by atoms with van der Waals surface area (Å²) in [5, 5.41) is 9.10. The van der Waals surface area contributed by atoms with Gasteiger partial charge in [0.2, 0.25) is 0 Å². The number of unbranched alkanes of at least 4 members (excludes halogenated alkanes) is 4. The first-order valence-corrected chi connectivity index (χ1v) is 10.5. The summed E-state index contributed by atoms with van der Waals surface area (Å²) in [6, 6.07) is 0. The Bertz CT molecular complexity index is 385. The Labute approximate surface area is 149 Å². The highest BCUT2D eigenvalue weighted by Crippen LogP contribution is 2.43. The lowest BCUT2D eigenvalue weighted by molar-refractivity contribution is -0.133. The van der Waals surface area contributed by atoms with Crippen LogP contribution in [0.25, 0.3) is 0 Å². The molecule has 2 saturated carbocycles. The van der Waals surface area contributed by atoms with E-state index in [4.69, 9.17) is 5.11 Å². The van der Waals surface area contributed by atoms with Gasteiger partial charge >= 0.3 is 5.97 Å². The topological polar surface area (TPSA) is 37.3 Å². The summed E-state index contributed by atoms with van der Waals surface area (Å²) in [4.78, 5) is 11.1.